The fraction of sp³-hybridized carbons (Fsp3) is 0.429. The molecule has 259 valence electrons. The number of allylic oxidation sites excluding steroid dienone is 2. The Hall–Kier alpha value is -2.37. The second-order valence-corrected chi connectivity index (χ2v) is 15.9. The summed E-state index contributed by atoms with van der Waals surface area (Å²) in [5.41, 5.74) is 6.53. The largest absolute Gasteiger partial charge is 0.512 e. The quantitative estimate of drug-likeness (QED) is 0.0762. The Labute approximate surface area is 312 Å². The molecule has 0 saturated heterocycles. The smallest absolute Gasteiger partial charge is 0.164 e. The van der Waals surface area contributed by atoms with Gasteiger partial charge in [0.2, 0.25) is 0 Å². The van der Waals surface area contributed by atoms with E-state index < -0.39 is 0 Å². The number of ketones is 1. The molecule has 5 rings (SSSR count). The van der Waals surface area contributed by atoms with Gasteiger partial charge in [0.1, 0.15) is 5.76 Å². The Balaban J connectivity index is 0.000000301. The van der Waals surface area contributed by atoms with Gasteiger partial charge < -0.3 is 5.11 Å². The number of aromatic nitrogens is 1. The normalized spacial score (nSPS) is 13.4. The van der Waals surface area contributed by atoms with Gasteiger partial charge in [-0.05, 0) is 60.8 Å². The molecule has 0 bridgehead atoms. The number of carbonyl (C=O) groups excluding carboxylic acids is 1. The van der Waals surface area contributed by atoms with Crippen molar-refractivity contribution in [2.75, 3.05) is 5.75 Å². The third kappa shape index (κ3) is 8.49. The van der Waals surface area contributed by atoms with Gasteiger partial charge in [-0.15, -0.1) is 53.5 Å². The molecule has 0 atom stereocenters. The zero-order valence-corrected chi connectivity index (χ0v) is 34.2. The van der Waals surface area contributed by atoms with E-state index in [4.69, 9.17) is 17.6 Å². The minimum Gasteiger partial charge on any atom is -0.512 e. The third-order valence-corrected chi connectivity index (χ3v) is 11.9. The van der Waals surface area contributed by atoms with Crippen LogP contribution in [0.1, 0.15) is 99.1 Å². The summed E-state index contributed by atoms with van der Waals surface area (Å²) in [7, 11) is 0. The van der Waals surface area contributed by atoms with Crippen molar-refractivity contribution in [3.8, 4) is 22.4 Å². The molecule has 0 unspecified atom stereocenters. The zero-order valence-electron chi connectivity index (χ0n) is 30.1. The van der Waals surface area contributed by atoms with E-state index in [0.717, 1.165) is 65.0 Å². The fourth-order valence-electron chi connectivity index (χ4n) is 5.98. The molecule has 1 N–H and O–H groups in total. The maximum atomic E-state index is 12.2. The van der Waals surface area contributed by atoms with E-state index >= 15 is 0 Å². The Morgan fingerprint density at radius 3 is 2.21 bits per heavy atom. The van der Waals surface area contributed by atoms with Crippen LogP contribution in [-0.2, 0) is 36.7 Å². The molecule has 1 aliphatic rings. The molecular weight excluding hydrogens is 807 g/mol. The number of fused-ring (bicyclic) bond motifs is 2. The monoisotopic (exact) mass is 859 g/mol. The van der Waals surface area contributed by atoms with Gasteiger partial charge in [-0.3, -0.25) is 9.78 Å². The molecule has 1 aromatic heterocycles. The first-order chi connectivity index (χ1) is 22.2. The predicted molar refractivity (Wildman–Crippen MR) is 205 cm³/mol. The van der Waals surface area contributed by atoms with Crippen LogP contribution in [0.4, 0.5) is 0 Å². The first-order valence-corrected chi connectivity index (χ1v) is 18.5. The summed E-state index contributed by atoms with van der Waals surface area (Å²) in [5.74, 6) is 1.42. The van der Waals surface area contributed by atoms with Crippen LogP contribution in [0.5, 0.6) is 0 Å². The molecule has 0 fully saturated rings. The van der Waals surface area contributed by atoms with Crippen molar-refractivity contribution in [3.05, 3.63) is 89.8 Å². The van der Waals surface area contributed by atoms with E-state index in [1.54, 1.807) is 0 Å². The van der Waals surface area contributed by atoms with E-state index in [9.17, 15) is 9.90 Å². The van der Waals surface area contributed by atoms with Gasteiger partial charge in [-0.25, -0.2) is 0 Å². The van der Waals surface area contributed by atoms with Gasteiger partial charge in [0, 0.05) is 70.0 Å². The molecule has 3 nitrogen and oxygen atoms in total. The summed E-state index contributed by atoms with van der Waals surface area (Å²) in [6.45, 7) is 18.9. The molecule has 6 heteroatoms. The van der Waals surface area contributed by atoms with Crippen molar-refractivity contribution >= 4 is 40.9 Å². The summed E-state index contributed by atoms with van der Waals surface area (Å²) < 4.78 is 0. The summed E-state index contributed by atoms with van der Waals surface area (Å²) in [6.07, 6.45) is 7.75. The molecule has 0 saturated carbocycles. The van der Waals surface area contributed by atoms with Crippen molar-refractivity contribution in [1.82, 2.24) is 4.98 Å². The van der Waals surface area contributed by atoms with Crippen molar-refractivity contribution in [3.63, 3.8) is 0 Å². The van der Waals surface area contributed by atoms with Gasteiger partial charge in [0.15, 0.2) is 5.78 Å². The van der Waals surface area contributed by atoms with Crippen LogP contribution in [0.25, 0.3) is 33.2 Å². The number of pyridine rings is 1. The van der Waals surface area contributed by atoms with Crippen molar-refractivity contribution in [1.29, 1.82) is 0 Å². The second kappa shape index (κ2) is 16.6. The number of thioether (sulfide) groups is 1. The predicted octanol–water partition coefficient (Wildman–Crippen LogP) is 12.3. The van der Waals surface area contributed by atoms with Gasteiger partial charge in [0.05, 0.1) is 0 Å². The average molecular weight is 859 g/mol. The summed E-state index contributed by atoms with van der Waals surface area (Å²) in [5, 5.41) is 12.5. The van der Waals surface area contributed by atoms with Gasteiger partial charge in [0.25, 0.3) is 0 Å². The number of aliphatic hydroxyl groups excluding tert-OH is 1. The molecular formula is C42H52IrNO2S2-. The molecule has 1 aliphatic heterocycles. The number of hydrogen-bond donors (Lipinski definition) is 2. The SMILES string of the molecule is CC(C)(C)c1cc(-c2ncccc2-c2c(S)ccc3c2SCC3)[c-]c2ccccc12.CCC(C)(CC)C(=O)/C=C(\O)C(C)(CC)CC.[Ir]. The van der Waals surface area contributed by atoms with E-state index in [-0.39, 0.29) is 47.9 Å². The van der Waals surface area contributed by atoms with Crippen LogP contribution in [0.2, 0.25) is 0 Å². The Kier molecular flexibility index (Phi) is 13.8. The Morgan fingerprint density at radius 1 is 0.938 bits per heavy atom. The minimum absolute atomic E-state index is 0. The van der Waals surface area contributed by atoms with Gasteiger partial charge in [-0.1, -0.05) is 104 Å². The number of benzene rings is 3. The van der Waals surface area contributed by atoms with Crippen molar-refractivity contribution in [2.45, 2.75) is 110 Å². The first-order valence-electron chi connectivity index (χ1n) is 17.1. The fourth-order valence-corrected chi connectivity index (χ4v) is 7.61. The Bertz CT molecular complexity index is 1760. The Morgan fingerprint density at radius 2 is 1.58 bits per heavy atom. The molecule has 4 aromatic rings. The average Bonchev–Trinajstić information content (AvgIpc) is 3.55. The zero-order chi connectivity index (χ0) is 34.6. The number of thiol groups is 1. The summed E-state index contributed by atoms with van der Waals surface area (Å²) >= 11 is 6.77. The van der Waals surface area contributed by atoms with Crippen molar-refractivity contribution < 1.29 is 30.0 Å². The molecule has 0 amide bonds. The number of nitrogens with zero attached hydrogens (tertiary/aromatic N) is 1. The van der Waals surface area contributed by atoms with Gasteiger partial charge in [-0.2, -0.15) is 0 Å². The first kappa shape index (κ1) is 40.1. The van der Waals surface area contributed by atoms with Crippen molar-refractivity contribution in [2.24, 2.45) is 10.8 Å². The van der Waals surface area contributed by atoms with Crippen LogP contribution < -0.4 is 0 Å². The summed E-state index contributed by atoms with van der Waals surface area (Å²) in [6, 6.07) is 23.0. The molecule has 1 radical (unpaired) electrons. The minimum atomic E-state index is -0.337. The van der Waals surface area contributed by atoms with E-state index in [1.807, 2.05) is 65.6 Å². The number of carbonyl (C=O) groups is 1. The molecule has 0 aliphatic carbocycles. The molecule has 48 heavy (non-hydrogen) atoms. The van der Waals surface area contributed by atoms with E-state index in [1.165, 1.54) is 33.0 Å². The van der Waals surface area contributed by atoms with Crippen LogP contribution in [-0.4, -0.2) is 21.6 Å². The molecule has 3 aromatic carbocycles. The number of hydrogen-bond acceptors (Lipinski definition) is 5. The van der Waals surface area contributed by atoms with Crippen LogP contribution in [0.15, 0.2) is 82.4 Å². The molecule has 0 spiro atoms. The second-order valence-electron chi connectivity index (χ2n) is 14.3. The van der Waals surface area contributed by atoms with E-state index in [0.29, 0.717) is 0 Å². The van der Waals surface area contributed by atoms with Crippen LogP contribution in [0.3, 0.4) is 0 Å². The third-order valence-electron chi connectivity index (χ3n) is 10.4. The number of aryl methyl sites for hydroxylation is 1. The maximum absolute atomic E-state index is 12.2. The molecule has 2 heterocycles. The van der Waals surface area contributed by atoms with Crippen LogP contribution in [0, 0.1) is 16.9 Å². The van der Waals surface area contributed by atoms with Gasteiger partial charge >= 0.3 is 0 Å². The topological polar surface area (TPSA) is 50.2 Å². The number of rotatable bonds is 9. The summed E-state index contributed by atoms with van der Waals surface area (Å²) in [4.78, 5) is 19.4. The van der Waals surface area contributed by atoms with Crippen LogP contribution >= 0.6 is 24.4 Å². The van der Waals surface area contributed by atoms with E-state index in [2.05, 4.69) is 75.4 Å². The maximum Gasteiger partial charge on any atom is 0.164 e. The standard InChI is InChI=1S/C27H24NS2.C15H28O2.Ir/c1-27(2,3)22-16-19(15-18-7-4-5-8-20(18)22)25-21(9-6-13-28-25)24-23(29)11-10-17-12-14-30-26(17)24;1-7-14(5,8-2)12(16)11-13(17)15(6,9-3)10-4;/h4-11,13,16,29H,12,14H2,1-3H3;11,16H,7-10H2,1-6H3;/q-1;;/b;12-11-;. The number of aliphatic hydroxyl groups is 1.